The standard InChI is InChI=1S/C24H31NO/c1-16(2)21-13-10-14-22(17(3)4)24(21)25-18(5)23(19(6)26)15-20-11-8-7-9-12-20/h7-14,16-17,25H,15H2,1-6H3/b23-18+. The number of carbonyl (C=O) groups is 1. The summed E-state index contributed by atoms with van der Waals surface area (Å²) in [6.45, 7) is 12.5. The summed E-state index contributed by atoms with van der Waals surface area (Å²) >= 11 is 0. The summed E-state index contributed by atoms with van der Waals surface area (Å²) in [4.78, 5) is 12.3. The molecule has 0 aliphatic rings. The quantitative estimate of drug-likeness (QED) is 0.582. The molecule has 0 amide bonds. The van der Waals surface area contributed by atoms with Gasteiger partial charge in [-0.25, -0.2) is 0 Å². The minimum Gasteiger partial charge on any atom is -0.358 e. The van der Waals surface area contributed by atoms with Crippen molar-refractivity contribution in [3.8, 4) is 0 Å². The van der Waals surface area contributed by atoms with E-state index in [1.165, 1.54) is 11.1 Å². The lowest BCUT2D eigenvalue weighted by Crippen LogP contribution is -2.12. The van der Waals surface area contributed by atoms with E-state index >= 15 is 0 Å². The molecule has 0 saturated carbocycles. The van der Waals surface area contributed by atoms with Crippen LogP contribution in [0, 0.1) is 0 Å². The zero-order chi connectivity index (χ0) is 19.3. The Hall–Kier alpha value is -2.35. The van der Waals surface area contributed by atoms with Crippen LogP contribution < -0.4 is 5.32 Å². The first-order valence-electron chi connectivity index (χ1n) is 9.45. The van der Waals surface area contributed by atoms with Crippen LogP contribution in [-0.4, -0.2) is 5.78 Å². The third-order valence-electron chi connectivity index (χ3n) is 4.79. The van der Waals surface area contributed by atoms with Crippen molar-refractivity contribution < 1.29 is 4.79 Å². The number of allylic oxidation sites excluding steroid dienone is 2. The Kier molecular flexibility index (Phi) is 6.79. The molecule has 2 heteroatoms. The van der Waals surface area contributed by atoms with E-state index in [-0.39, 0.29) is 5.78 Å². The summed E-state index contributed by atoms with van der Waals surface area (Å²) in [5.74, 6) is 0.949. The molecule has 26 heavy (non-hydrogen) atoms. The second kappa shape index (κ2) is 8.84. The van der Waals surface area contributed by atoms with Crippen LogP contribution in [0.1, 0.15) is 70.1 Å². The Morgan fingerprint density at radius 3 is 1.85 bits per heavy atom. The largest absolute Gasteiger partial charge is 0.358 e. The van der Waals surface area contributed by atoms with Gasteiger partial charge in [0.25, 0.3) is 0 Å². The number of carbonyl (C=O) groups excluding carboxylic acids is 1. The van der Waals surface area contributed by atoms with Gasteiger partial charge in [0.05, 0.1) is 0 Å². The molecule has 0 radical (unpaired) electrons. The normalized spacial score (nSPS) is 12.3. The maximum Gasteiger partial charge on any atom is 0.157 e. The Morgan fingerprint density at radius 1 is 0.846 bits per heavy atom. The zero-order valence-corrected chi connectivity index (χ0v) is 16.9. The van der Waals surface area contributed by atoms with Crippen LogP contribution in [0.3, 0.4) is 0 Å². The minimum atomic E-state index is 0.118. The van der Waals surface area contributed by atoms with Crippen molar-refractivity contribution in [1.82, 2.24) is 0 Å². The van der Waals surface area contributed by atoms with Crippen molar-refractivity contribution in [2.45, 2.75) is 59.8 Å². The lowest BCUT2D eigenvalue weighted by Gasteiger charge is -2.22. The predicted molar refractivity (Wildman–Crippen MR) is 112 cm³/mol. The lowest BCUT2D eigenvalue weighted by atomic mass is 9.92. The summed E-state index contributed by atoms with van der Waals surface area (Å²) < 4.78 is 0. The number of anilines is 1. The van der Waals surface area contributed by atoms with E-state index < -0.39 is 0 Å². The molecule has 2 aromatic rings. The van der Waals surface area contributed by atoms with Gasteiger partial charge < -0.3 is 5.32 Å². The fourth-order valence-electron chi connectivity index (χ4n) is 3.28. The van der Waals surface area contributed by atoms with Crippen LogP contribution in [0.4, 0.5) is 5.69 Å². The molecule has 1 N–H and O–H groups in total. The Labute approximate surface area is 158 Å². The van der Waals surface area contributed by atoms with Gasteiger partial charge in [0.2, 0.25) is 0 Å². The van der Waals surface area contributed by atoms with Gasteiger partial charge in [-0.05, 0) is 42.4 Å². The topological polar surface area (TPSA) is 29.1 Å². The van der Waals surface area contributed by atoms with E-state index in [0.717, 1.165) is 22.5 Å². The first-order chi connectivity index (χ1) is 12.3. The van der Waals surface area contributed by atoms with Crippen molar-refractivity contribution in [1.29, 1.82) is 0 Å². The fourth-order valence-corrected chi connectivity index (χ4v) is 3.28. The molecule has 0 atom stereocenters. The van der Waals surface area contributed by atoms with Gasteiger partial charge >= 0.3 is 0 Å². The highest BCUT2D eigenvalue weighted by Gasteiger charge is 2.16. The molecule has 138 valence electrons. The van der Waals surface area contributed by atoms with E-state index in [1.54, 1.807) is 6.92 Å². The molecule has 0 heterocycles. The van der Waals surface area contributed by atoms with Gasteiger partial charge in [0.15, 0.2) is 5.78 Å². The Balaban J connectivity index is 2.46. The third-order valence-corrected chi connectivity index (χ3v) is 4.79. The minimum absolute atomic E-state index is 0.118. The van der Waals surface area contributed by atoms with Crippen LogP contribution >= 0.6 is 0 Å². The molecule has 2 rings (SSSR count). The summed E-state index contributed by atoms with van der Waals surface area (Å²) in [5, 5.41) is 3.60. The molecular weight excluding hydrogens is 318 g/mol. The lowest BCUT2D eigenvalue weighted by molar-refractivity contribution is -0.113. The van der Waals surface area contributed by atoms with Gasteiger partial charge in [-0.2, -0.15) is 0 Å². The summed E-state index contributed by atoms with van der Waals surface area (Å²) in [7, 11) is 0. The average molecular weight is 350 g/mol. The molecule has 0 aromatic heterocycles. The number of ketones is 1. The number of benzene rings is 2. The second-order valence-electron chi connectivity index (χ2n) is 7.57. The maximum absolute atomic E-state index is 12.3. The van der Waals surface area contributed by atoms with Crippen LogP contribution in [-0.2, 0) is 11.2 Å². The van der Waals surface area contributed by atoms with Crippen molar-refractivity contribution in [2.24, 2.45) is 0 Å². The highest BCUT2D eigenvalue weighted by molar-refractivity contribution is 5.95. The number of hydrogen-bond acceptors (Lipinski definition) is 2. The van der Waals surface area contributed by atoms with E-state index in [0.29, 0.717) is 18.3 Å². The van der Waals surface area contributed by atoms with E-state index in [1.807, 2.05) is 25.1 Å². The SMILES string of the molecule is CC(=O)/C(Cc1ccccc1)=C(\C)Nc1c(C(C)C)cccc1C(C)C. The number of para-hydroxylation sites is 1. The van der Waals surface area contributed by atoms with Crippen LogP contribution in [0.5, 0.6) is 0 Å². The average Bonchev–Trinajstić information content (AvgIpc) is 2.59. The number of rotatable bonds is 7. The van der Waals surface area contributed by atoms with Crippen molar-refractivity contribution in [3.63, 3.8) is 0 Å². The number of Topliss-reactive ketones (excluding diaryl/α,β-unsaturated/α-hetero) is 1. The molecule has 2 nitrogen and oxygen atoms in total. The van der Waals surface area contributed by atoms with Crippen molar-refractivity contribution in [2.75, 3.05) is 5.32 Å². The molecule has 0 aliphatic carbocycles. The maximum atomic E-state index is 12.3. The highest BCUT2D eigenvalue weighted by Crippen LogP contribution is 2.33. The van der Waals surface area contributed by atoms with Gasteiger partial charge in [0, 0.05) is 23.4 Å². The zero-order valence-electron chi connectivity index (χ0n) is 16.9. The van der Waals surface area contributed by atoms with E-state index in [2.05, 4.69) is 63.3 Å². The molecule has 0 aliphatic heterocycles. The second-order valence-corrected chi connectivity index (χ2v) is 7.57. The van der Waals surface area contributed by atoms with E-state index in [4.69, 9.17) is 0 Å². The molecule has 0 bridgehead atoms. The summed E-state index contributed by atoms with van der Waals surface area (Å²) in [6.07, 6.45) is 0.649. The van der Waals surface area contributed by atoms with Crippen LogP contribution in [0.25, 0.3) is 0 Å². The smallest absolute Gasteiger partial charge is 0.157 e. The molecule has 0 unspecified atom stereocenters. The predicted octanol–water partition coefficient (Wildman–Crippen LogP) is 6.45. The van der Waals surface area contributed by atoms with Gasteiger partial charge in [-0.15, -0.1) is 0 Å². The number of hydrogen-bond donors (Lipinski definition) is 1. The van der Waals surface area contributed by atoms with Gasteiger partial charge in [-0.3, -0.25) is 4.79 Å². The van der Waals surface area contributed by atoms with E-state index in [9.17, 15) is 4.79 Å². The van der Waals surface area contributed by atoms with Gasteiger partial charge in [0.1, 0.15) is 0 Å². The van der Waals surface area contributed by atoms with Crippen molar-refractivity contribution in [3.05, 3.63) is 76.5 Å². The van der Waals surface area contributed by atoms with Crippen LogP contribution in [0.2, 0.25) is 0 Å². The van der Waals surface area contributed by atoms with Crippen molar-refractivity contribution >= 4 is 11.5 Å². The third kappa shape index (κ3) is 4.85. The Morgan fingerprint density at radius 2 is 1.38 bits per heavy atom. The highest BCUT2D eigenvalue weighted by atomic mass is 16.1. The summed E-state index contributed by atoms with van der Waals surface area (Å²) in [6, 6.07) is 16.6. The first kappa shape index (κ1) is 20.0. The Bertz CT molecular complexity index is 759. The molecule has 0 spiro atoms. The molecule has 0 saturated heterocycles. The van der Waals surface area contributed by atoms with Crippen LogP contribution in [0.15, 0.2) is 59.8 Å². The molecule has 0 fully saturated rings. The first-order valence-corrected chi connectivity index (χ1v) is 9.45. The fraction of sp³-hybridized carbons (Fsp3) is 0.375. The summed E-state index contributed by atoms with van der Waals surface area (Å²) in [5.41, 5.74) is 6.67. The van der Waals surface area contributed by atoms with Gasteiger partial charge in [-0.1, -0.05) is 76.2 Å². The molecule has 2 aromatic carbocycles. The number of nitrogens with one attached hydrogen (secondary N) is 1. The monoisotopic (exact) mass is 349 g/mol. The molecular formula is C24H31NO.